The van der Waals surface area contributed by atoms with Crippen molar-refractivity contribution in [2.24, 2.45) is 5.73 Å². The Morgan fingerprint density at radius 1 is 1.45 bits per heavy atom. The van der Waals surface area contributed by atoms with Crippen LogP contribution >= 0.6 is 11.8 Å². The zero-order valence-electron chi connectivity index (χ0n) is 12.0. The highest BCUT2D eigenvalue weighted by Crippen LogP contribution is 2.22. The van der Waals surface area contributed by atoms with Crippen LogP contribution in [0.15, 0.2) is 5.16 Å². The number of primary amides is 1. The number of carbonyl (C=O) groups is 1. The van der Waals surface area contributed by atoms with Gasteiger partial charge in [-0.05, 0) is 25.8 Å². The largest absolute Gasteiger partial charge is 0.368 e. The number of aryl methyl sites for hydroxylation is 1. The smallest absolute Gasteiger partial charge is 0.235 e. The molecule has 7 heteroatoms. The van der Waals surface area contributed by atoms with Crippen molar-refractivity contribution in [1.29, 1.82) is 0 Å². The van der Waals surface area contributed by atoms with Crippen molar-refractivity contribution >= 4 is 17.7 Å². The normalized spacial score (nSPS) is 16.4. The van der Waals surface area contributed by atoms with E-state index in [2.05, 4.69) is 27.0 Å². The molecule has 1 atom stereocenters. The van der Waals surface area contributed by atoms with Crippen molar-refractivity contribution in [2.75, 3.05) is 12.3 Å². The summed E-state index contributed by atoms with van der Waals surface area (Å²) in [5, 5.41) is 12.6. The summed E-state index contributed by atoms with van der Waals surface area (Å²) >= 11 is 1.56. The van der Waals surface area contributed by atoms with E-state index in [1.165, 1.54) is 19.3 Å². The predicted molar refractivity (Wildman–Crippen MR) is 79.6 cm³/mol. The fourth-order valence-corrected chi connectivity index (χ4v) is 3.33. The molecule has 6 nitrogen and oxygen atoms in total. The third-order valence-corrected chi connectivity index (χ3v) is 4.50. The van der Waals surface area contributed by atoms with Crippen LogP contribution in [0.3, 0.4) is 0 Å². The van der Waals surface area contributed by atoms with Crippen LogP contribution in [-0.2, 0) is 17.8 Å². The molecule has 0 aliphatic carbocycles. The molecule has 1 amide bonds. The predicted octanol–water partition coefficient (Wildman–Crippen LogP) is 0.950. The molecule has 1 aliphatic rings. The molecule has 3 N–H and O–H groups in total. The SMILES string of the molecule is CCCNC(CSc1nnc2n1CCCCC2)C(N)=O. The average molecular weight is 297 g/mol. The molecule has 1 aromatic rings. The van der Waals surface area contributed by atoms with Gasteiger partial charge in [0.1, 0.15) is 5.82 Å². The lowest BCUT2D eigenvalue weighted by Gasteiger charge is -2.14. The van der Waals surface area contributed by atoms with Crippen LogP contribution in [-0.4, -0.2) is 39.0 Å². The number of hydrogen-bond donors (Lipinski definition) is 2. The van der Waals surface area contributed by atoms with Gasteiger partial charge in [0.05, 0.1) is 6.04 Å². The van der Waals surface area contributed by atoms with Crippen LogP contribution < -0.4 is 11.1 Å². The highest BCUT2D eigenvalue weighted by atomic mass is 32.2. The summed E-state index contributed by atoms with van der Waals surface area (Å²) in [6.07, 6.45) is 5.59. The highest BCUT2D eigenvalue weighted by Gasteiger charge is 2.19. The van der Waals surface area contributed by atoms with Gasteiger partial charge in [0.15, 0.2) is 5.16 Å². The van der Waals surface area contributed by atoms with Gasteiger partial charge in [-0.15, -0.1) is 10.2 Å². The Morgan fingerprint density at radius 2 is 2.30 bits per heavy atom. The van der Waals surface area contributed by atoms with E-state index in [9.17, 15) is 4.79 Å². The average Bonchev–Trinajstić information content (AvgIpc) is 2.67. The summed E-state index contributed by atoms with van der Waals surface area (Å²) in [4.78, 5) is 11.4. The lowest BCUT2D eigenvalue weighted by Crippen LogP contribution is -2.43. The van der Waals surface area contributed by atoms with E-state index in [1.807, 2.05) is 0 Å². The first kappa shape index (κ1) is 15.3. The monoisotopic (exact) mass is 297 g/mol. The number of nitrogens with zero attached hydrogens (tertiary/aromatic N) is 3. The van der Waals surface area contributed by atoms with Gasteiger partial charge in [-0.3, -0.25) is 4.79 Å². The Morgan fingerprint density at radius 3 is 3.05 bits per heavy atom. The number of rotatable bonds is 7. The van der Waals surface area contributed by atoms with E-state index < -0.39 is 0 Å². The van der Waals surface area contributed by atoms with Gasteiger partial charge in [0, 0.05) is 18.7 Å². The number of fused-ring (bicyclic) bond motifs is 1. The summed E-state index contributed by atoms with van der Waals surface area (Å²) in [7, 11) is 0. The number of amides is 1. The van der Waals surface area contributed by atoms with Gasteiger partial charge in [0.2, 0.25) is 5.91 Å². The molecule has 0 bridgehead atoms. The third-order valence-electron chi connectivity index (χ3n) is 3.44. The van der Waals surface area contributed by atoms with E-state index in [0.29, 0.717) is 5.75 Å². The Hall–Kier alpha value is -1.08. The van der Waals surface area contributed by atoms with Gasteiger partial charge in [-0.2, -0.15) is 0 Å². The summed E-state index contributed by atoms with van der Waals surface area (Å²) in [5.41, 5.74) is 5.42. The number of carbonyl (C=O) groups excluding carboxylic acids is 1. The van der Waals surface area contributed by atoms with E-state index in [4.69, 9.17) is 5.73 Å². The van der Waals surface area contributed by atoms with Crippen molar-refractivity contribution < 1.29 is 4.79 Å². The molecule has 1 aromatic heterocycles. The zero-order chi connectivity index (χ0) is 14.4. The second-order valence-corrected chi connectivity index (χ2v) is 6.07. The number of nitrogens with two attached hydrogens (primary N) is 1. The number of nitrogens with one attached hydrogen (secondary N) is 1. The molecular weight excluding hydrogens is 274 g/mol. The first-order valence-electron chi connectivity index (χ1n) is 7.30. The quantitative estimate of drug-likeness (QED) is 0.732. The summed E-state index contributed by atoms with van der Waals surface area (Å²) in [6.45, 7) is 3.84. The van der Waals surface area contributed by atoms with Gasteiger partial charge in [-0.25, -0.2) is 0 Å². The van der Waals surface area contributed by atoms with Crippen LogP contribution in [0.4, 0.5) is 0 Å². The van der Waals surface area contributed by atoms with Crippen molar-refractivity contribution in [3.63, 3.8) is 0 Å². The first-order chi connectivity index (χ1) is 9.72. The van der Waals surface area contributed by atoms with E-state index in [-0.39, 0.29) is 11.9 Å². The van der Waals surface area contributed by atoms with E-state index >= 15 is 0 Å². The summed E-state index contributed by atoms with van der Waals surface area (Å²) in [5.74, 6) is 1.37. The van der Waals surface area contributed by atoms with Crippen molar-refractivity contribution in [3.8, 4) is 0 Å². The van der Waals surface area contributed by atoms with Crippen LogP contribution in [0.2, 0.25) is 0 Å². The van der Waals surface area contributed by atoms with Crippen molar-refractivity contribution in [2.45, 2.75) is 56.8 Å². The van der Waals surface area contributed by atoms with Crippen LogP contribution in [0, 0.1) is 0 Å². The van der Waals surface area contributed by atoms with Gasteiger partial charge >= 0.3 is 0 Å². The molecule has 1 aliphatic heterocycles. The topological polar surface area (TPSA) is 85.8 Å². The van der Waals surface area contributed by atoms with Crippen molar-refractivity contribution in [1.82, 2.24) is 20.1 Å². The molecule has 0 fully saturated rings. The maximum Gasteiger partial charge on any atom is 0.235 e. The Balaban J connectivity index is 1.95. The fraction of sp³-hybridized carbons (Fsp3) is 0.769. The minimum atomic E-state index is -0.307. The number of thioether (sulfide) groups is 1. The standard InChI is InChI=1S/C13H23N5OS/c1-2-7-15-10(12(14)19)9-20-13-17-16-11-6-4-3-5-8-18(11)13/h10,15H,2-9H2,1H3,(H2,14,19). The molecule has 112 valence electrons. The molecule has 0 aromatic carbocycles. The minimum absolute atomic E-state index is 0.304. The number of hydrogen-bond acceptors (Lipinski definition) is 5. The zero-order valence-corrected chi connectivity index (χ0v) is 12.8. The molecule has 1 unspecified atom stereocenters. The van der Waals surface area contributed by atoms with Crippen LogP contribution in [0.25, 0.3) is 0 Å². The Bertz CT molecular complexity index is 448. The lowest BCUT2D eigenvalue weighted by atomic mass is 10.2. The second kappa shape index (κ2) is 7.64. The fourth-order valence-electron chi connectivity index (χ4n) is 2.28. The first-order valence-corrected chi connectivity index (χ1v) is 8.28. The summed E-state index contributed by atoms with van der Waals surface area (Å²) < 4.78 is 2.19. The third kappa shape index (κ3) is 3.96. The Kier molecular flexibility index (Phi) is 5.85. The van der Waals surface area contributed by atoms with Gasteiger partial charge in [0.25, 0.3) is 0 Å². The minimum Gasteiger partial charge on any atom is -0.368 e. The highest BCUT2D eigenvalue weighted by molar-refractivity contribution is 7.99. The maximum absolute atomic E-state index is 11.4. The van der Waals surface area contributed by atoms with Crippen LogP contribution in [0.1, 0.15) is 38.4 Å². The molecule has 2 rings (SSSR count). The van der Waals surface area contributed by atoms with Crippen LogP contribution in [0.5, 0.6) is 0 Å². The molecule has 0 radical (unpaired) electrons. The molecule has 2 heterocycles. The van der Waals surface area contributed by atoms with E-state index in [0.717, 1.165) is 36.9 Å². The van der Waals surface area contributed by atoms with E-state index in [1.54, 1.807) is 11.8 Å². The molecule has 0 saturated heterocycles. The van der Waals surface area contributed by atoms with Crippen molar-refractivity contribution in [3.05, 3.63) is 5.82 Å². The Labute approximate surface area is 123 Å². The maximum atomic E-state index is 11.4. The number of aromatic nitrogens is 3. The molecule has 20 heavy (non-hydrogen) atoms. The molecule has 0 saturated carbocycles. The van der Waals surface area contributed by atoms with Gasteiger partial charge in [-0.1, -0.05) is 25.1 Å². The lowest BCUT2D eigenvalue weighted by molar-refractivity contribution is -0.119. The summed E-state index contributed by atoms with van der Waals surface area (Å²) in [6, 6.07) is -0.307. The molecule has 0 spiro atoms. The molecular formula is C13H23N5OS. The van der Waals surface area contributed by atoms with Gasteiger partial charge < -0.3 is 15.6 Å². The second-order valence-electron chi connectivity index (χ2n) is 5.08.